The van der Waals surface area contributed by atoms with Gasteiger partial charge in [0.05, 0.1) is 36.6 Å². The Labute approximate surface area is 378 Å². The van der Waals surface area contributed by atoms with Crippen LogP contribution in [-0.2, 0) is 44.3 Å². The Bertz CT molecular complexity index is 2530. The summed E-state index contributed by atoms with van der Waals surface area (Å²) in [5.41, 5.74) is -0.763. The van der Waals surface area contributed by atoms with Crippen molar-refractivity contribution < 1.29 is 87.6 Å². The number of cyclic esters (lactones) is 1. The number of benzene rings is 3. The molecular weight excluding hydrogens is 868 g/mol. The van der Waals surface area contributed by atoms with Crippen molar-refractivity contribution in [2.75, 3.05) is 14.2 Å². The van der Waals surface area contributed by atoms with Crippen molar-refractivity contribution in [3.8, 4) is 34.1 Å². The van der Waals surface area contributed by atoms with Crippen molar-refractivity contribution in [2.45, 2.75) is 158 Å². The minimum Gasteiger partial charge on any atom is -0.507 e. The quantitative estimate of drug-likeness (QED) is 0.0875. The highest BCUT2D eigenvalue weighted by molar-refractivity contribution is 6.05. The fraction of sp³-hybridized carbons (Fsp3) is 0.574. The maximum absolute atomic E-state index is 14.4. The van der Waals surface area contributed by atoms with Gasteiger partial charge in [-0.2, -0.15) is 0 Å². The van der Waals surface area contributed by atoms with E-state index in [0.717, 1.165) is 6.42 Å². The maximum Gasteiger partial charge on any atom is 0.342 e. The number of methoxy groups -OCH3 is 2. The lowest BCUT2D eigenvalue weighted by atomic mass is 9.77. The predicted octanol–water partition coefficient (Wildman–Crippen LogP) is 4.00. The van der Waals surface area contributed by atoms with Crippen LogP contribution in [0, 0.1) is 0 Å². The zero-order chi connectivity index (χ0) is 47.0. The Balaban J connectivity index is 0.958. The van der Waals surface area contributed by atoms with Crippen molar-refractivity contribution in [2.24, 2.45) is 0 Å². The van der Waals surface area contributed by atoms with E-state index in [-0.39, 0.29) is 74.8 Å². The van der Waals surface area contributed by atoms with Crippen LogP contribution < -0.4 is 10.2 Å². The molecule has 4 aliphatic heterocycles. The van der Waals surface area contributed by atoms with E-state index in [0.29, 0.717) is 18.4 Å². The minimum atomic E-state index is -1.39. The van der Waals surface area contributed by atoms with Crippen LogP contribution in [0.15, 0.2) is 33.5 Å². The third-order valence-electron chi connectivity index (χ3n) is 13.5. The van der Waals surface area contributed by atoms with E-state index in [9.17, 15) is 45.3 Å². The molecule has 0 spiro atoms. The number of carbonyl (C=O) groups is 1. The van der Waals surface area contributed by atoms with Crippen molar-refractivity contribution in [3.05, 3.63) is 56.7 Å². The van der Waals surface area contributed by atoms with Gasteiger partial charge in [-0.15, -0.1) is 0 Å². The molecule has 4 aromatic rings. The molecule has 19 heteroatoms. The zero-order valence-corrected chi connectivity index (χ0v) is 37.2. The van der Waals surface area contributed by atoms with Gasteiger partial charge < -0.3 is 82.8 Å². The molecule has 9 rings (SSSR count). The number of aliphatic hydroxyl groups is 4. The molecular formula is C47H56O19. The van der Waals surface area contributed by atoms with Crippen molar-refractivity contribution in [1.29, 1.82) is 0 Å². The number of phenolic OH excluding ortho intramolecular Hbond substituents is 3. The third kappa shape index (κ3) is 7.96. The Morgan fingerprint density at radius 2 is 1.36 bits per heavy atom. The number of ether oxygens (including phenoxy) is 9. The number of aliphatic hydroxyl groups excluding tert-OH is 4. The molecule has 5 aliphatic rings. The van der Waals surface area contributed by atoms with Gasteiger partial charge in [0, 0.05) is 51.0 Å². The first kappa shape index (κ1) is 46.5. The normalized spacial score (nSPS) is 34.4. The highest BCUT2D eigenvalue weighted by Gasteiger charge is 2.46. The topological polar surface area (TPSA) is 272 Å². The summed E-state index contributed by atoms with van der Waals surface area (Å²) in [4.78, 5) is 27.7. The van der Waals surface area contributed by atoms with E-state index in [2.05, 4.69) is 0 Å². The van der Waals surface area contributed by atoms with E-state index < -0.39 is 121 Å². The van der Waals surface area contributed by atoms with Gasteiger partial charge >= 0.3 is 5.97 Å². The summed E-state index contributed by atoms with van der Waals surface area (Å²) >= 11 is 0. The van der Waals surface area contributed by atoms with Gasteiger partial charge in [-0.25, -0.2) is 4.79 Å². The minimum absolute atomic E-state index is 0.00258. The van der Waals surface area contributed by atoms with E-state index in [1.54, 1.807) is 26.8 Å². The summed E-state index contributed by atoms with van der Waals surface area (Å²) < 4.78 is 59.5. The van der Waals surface area contributed by atoms with Crippen LogP contribution >= 0.6 is 0 Å². The number of esters is 1. The van der Waals surface area contributed by atoms with Crippen LogP contribution in [-0.4, -0.2) is 136 Å². The molecule has 0 amide bonds. The van der Waals surface area contributed by atoms with E-state index in [1.165, 1.54) is 32.4 Å². The van der Waals surface area contributed by atoms with Crippen molar-refractivity contribution in [3.63, 3.8) is 0 Å². The summed E-state index contributed by atoms with van der Waals surface area (Å²) in [7, 11) is 2.84. The summed E-state index contributed by atoms with van der Waals surface area (Å²) in [6.07, 6.45) is -11.2. The molecule has 358 valence electrons. The van der Waals surface area contributed by atoms with Crippen LogP contribution in [0.5, 0.6) is 23.0 Å². The van der Waals surface area contributed by atoms with Crippen LogP contribution in [0.25, 0.3) is 33.1 Å². The number of hydrogen-bond donors (Lipinski definition) is 7. The maximum atomic E-state index is 14.4. The standard InChI is InChI=1S/C47H56O19/c1-7-8-21-11-20-12-22-34(40(53)33(20)47(56)62-21)35-23(45(58-6)39(22)52)13-28-37(41(35)54)42(55)36-24(48)9-10-27(46(36)64-28)63-30-14-25(49)43(18(3)60-30)65-31-15-26(50)44(19(4)61-31)66-32-16-29(57-5)38(51)17(2)59-32/h9-10,12-13,17-19,21,25-26,29-32,38-39,43-45,48-54H,7-8,11,14-16H2,1-6H3/t17?,18?,19?,21?,25-,26-,29-,30+,31+,32+,38-,39?,43-,44-,45?/m1/s1. The highest BCUT2D eigenvalue weighted by Crippen LogP contribution is 2.56. The predicted molar refractivity (Wildman–Crippen MR) is 229 cm³/mol. The monoisotopic (exact) mass is 924 g/mol. The van der Waals surface area contributed by atoms with Crippen LogP contribution in [0.1, 0.15) is 99.1 Å². The SMILES string of the molecule is CCCC1Cc2cc3c(c(O)c2C(=O)O1)-c1c(cc2oc4c(O[C@H]5C[C@@H](O)[C@H](O[C@H]6C[C@@H](O)[C@H](O[C@H]7C[C@@H](OC)[C@H](O)C(C)O7)C(C)O6)C(C)O5)ccc(O)c4c(=O)c2c1O)C(OC)C3O. The molecule has 66 heavy (non-hydrogen) atoms. The van der Waals surface area contributed by atoms with Crippen LogP contribution in [0.2, 0.25) is 0 Å². The lowest BCUT2D eigenvalue weighted by molar-refractivity contribution is -0.331. The molecule has 19 nitrogen and oxygen atoms in total. The summed E-state index contributed by atoms with van der Waals surface area (Å²) in [5.74, 6) is -2.50. The summed E-state index contributed by atoms with van der Waals surface area (Å²) in [6.45, 7) is 7.04. The molecule has 15 atom stereocenters. The molecule has 0 saturated carbocycles. The average molecular weight is 925 g/mol. The first-order chi connectivity index (χ1) is 31.5. The highest BCUT2D eigenvalue weighted by atomic mass is 16.7. The van der Waals surface area contributed by atoms with Gasteiger partial charge in [-0.05, 0) is 62.1 Å². The molecule has 3 fully saturated rings. The molecule has 7 N–H and O–H groups in total. The van der Waals surface area contributed by atoms with E-state index >= 15 is 0 Å². The zero-order valence-electron chi connectivity index (χ0n) is 37.2. The molecule has 1 aromatic heterocycles. The molecule has 5 heterocycles. The smallest absolute Gasteiger partial charge is 0.342 e. The second-order valence-electron chi connectivity index (χ2n) is 17.9. The van der Waals surface area contributed by atoms with Crippen molar-refractivity contribution >= 4 is 27.9 Å². The number of fused-ring (bicyclic) bond motifs is 6. The van der Waals surface area contributed by atoms with Gasteiger partial charge in [-0.1, -0.05) is 19.4 Å². The largest absolute Gasteiger partial charge is 0.507 e. The van der Waals surface area contributed by atoms with Crippen LogP contribution in [0.3, 0.4) is 0 Å². The molecule has 3 saturated heterocycles. The number of aromatic hydroxyl groups is 3. The third-order valence-corrected chi connectivity index (χ3v) is 13.5. The fourth-order valence-corrected chi connectivity index (χ4v) is 10.3. The second-order valence-corrected chi connectivity index (χ2v) is 17.9. The van der Waals surface area contributed by atoms with Gasteiger partial charge in [0.2, 0.25) is 11.7 Å². The first-order valence-corrected chi connectivity index (χ1v) is 22.3. The average Bonchev–Trinajstić information content (AvgIpc) is 3.25. The number of hydrogen-bond acceptors (Lipinski definition) is 19. The van der Waals surface area contributed by atoms with Crippen LogP contribution in [0.4, 0.5) is 0 Å². The number of rotatable bonds is 10. The Hall–Kier alpha value is -4.64. The van der Waals surface area contributed by atoms with Gasteiger partial charge in [0.25, 0.3) is 0 Å². The summed E-state index contributed by atoms with van der Waals surface area (Å²) in [5, 5.41) is 78.6. The van der Waals surface area contributed by atoms with E-state index in [1.807, 2.05) is 6.92 Å². The molecule has 1 aliphatic carbocycles. The van der Waals surface area contributed by atoms with Crippen molar-refractivity contribution in [1.82, 2.24) is 0 Å². The van der Waals surface area contributed by atoms with Gasteiger partial charge in [0.15, 0.2) is 23.9 Å². The van der Waals surface area contributed by atoms with Gasteiger partial charge in [0.1, 0.15) is 75.8 Å². The molecule has 3 aromatic carbocycles. The number of phenols is 3. The second kappa shape index (κ2) is 18.1. The van der Waals surface area contributed by atoms with Gasteiger partial charge in [-0.3, -0.25) is 4.79 Å². The summed E-state index contributed by atoms with van der Waals surface area (Å²) in [6, 6.07) is 5.53. The molecule has 0 radical (unpaired) electrons. The first-order valence-electron chi connectivity index (χ1n) is 22.3. The lowest BCUT2D eigenvalue weighted by Crippen LogP contribution is -2.56. The Morgan fingerprint density at radius 1 is 0.727 bits per heavy atom. The molecule has 6 unspecified atom stereocenters. The van der Waals surface area contributed by atoms with E-state index in [4.69, 9.17) is 47.0 Å². The Morgan fingerprint density at radius 3 is 2.02 bits per heavy atom. The lowest BCUT2D eigenvalue weighted by Gasteiger charge is -2.44. The number of carbonyl (C=O) groups excluding carboxylic acids is 1. The Kier molecular flexibility index (Phi) is 12.8. The molecule has 0 bridgehead atoms. The fourth-order valence-electron chi connectivity index (χ4n) is 10.3.